The zero-order chi connectivity index (χ0) is 14.9. The van der Waals surface area contributed by atoms with Crippen molar-refractivity contribution >= 4 is 33.1 Å². The summed E-state index contributed by atoms with van der Waals surface area (Å²) >= 11 is 7.74. The minimum absolute atomic E-state index is 0.0423. The Morgan fingerprint density at radius 2 is 1.70 bits per heavy atom. The smallest absolute Gasteiger partial charge is 0.198 e. The summed E-state index contributed by atoms with van der Waals surface area (Å²) in [4.78, 5) is -0.138. The van der Waals surface area contributed by atoms with E-state index < -0.39 is 23.2 Å². The van der Waals surface area contributed by atoms with Gasteiger partial charge in [-0.25, -0.2) is 13.2 Å². The highest BCUT2D eigenvalue weighted by atomic mass is 79.9. The molecule has 104 valence electrons. The van der Waals surface area contributed by atoms with Crippen LogP contribution in [0.4, 0.5) is 13.2 Å². The zero-order valence-electron chi connectivity index (χ0n) is 9.79. The van der Waals surface area contributed by atoms with Crippen LogP contribution in [0.2, 0.25) is 0 Å². The minimum Gasteiger partial charge on any atom is -0.450 e. The molecule has 2 rings (SSSR count). The molecule has 0 aliphatic heterocycles. The van der Waals surface area contributed by atoms with E-state index in [9.17, 15) is 13.2 Å². The standard InChI is InChI=1S/C13H7BrF3NOS/c14-8-2-1-7(15)5-11(8)19-12-9(16)3-6(13(18)20)4-10(12)17/h1-5H,(H2,18,20). The Bertz CT molecular complexity index is 670. The average Bonchev–Trinajstić information content (AvgIpc) is 2.37. The summed E-state index contributed by atoms with van der Waals surface area (Å²) in [5, 5.41) is 0. The molecule has 2 nitrogen and oxygen atoms in total. The molecule has 0 spiro atoms. The van der Waals surface area contributed by atoms with Gasteiger partial charge in [0.25, 0.3) is 0 Å². The topological polar surface area (TPSA) is 35.2 Å². The molecule has 0 aromatic heterocycles. The predicted octanol–water partition coefficient (Wildman–Crippen LogP) is 4.29. The summed E-state index contributed by atoms with van der Waals surface area (Å²) in [6.45, 7) is 0. The maximum Gasteiger partial charge on any atom is 0.198 e. The summed E-state index contributed by atoms with van der Waals surface area (Å²) in [6.07, 6.45) is 0. The van der Waals surface area contributed by atoms with E-state index in [1.807, 2.05) is 0 Å². The Balaban J connectivity index is 2.44. The fraction of sp³-hybridized carbons (Fsp3) is 0. The quantitative estimate of drug-likeness (QED) is 0.828. The summed E-state index contributed by atoms with van der Waals surface area (Å²) in [6, 6.07) is 5.45. The van der Waals surface area contributed by atoms with Gasteiger partial charge in [-0.2, -0.15) is 0 Å². The molecule has 0 fully saturated rings. The third-order valence-corrected chi connectivity index (χ3v) is 3.28. The number of thiocarbonyl (C=S) groups is 1. The van der Waals surface area contributed by atoms with E-state index >= 15 is 0 Å². The van der Waals surface area contributed by atoms with Gasteiger partial charge in [0.1, 0.15) is 16.6 Å². The van der Waals surface area contributed by atoms with E-state index in [1.165, 1.54) is 12.1 Å². The Morgan fingerprint density at radius 3 is 2.25 bits per heavy atom. The lowest BCUT2D eigenvalue weighted by molar-refractivity contribution is 0.403. The molecular weight excluding hydrogens is 355 g/mol. The van der Waals surface area contributed by atoms with Gasteiger partial charge in [-0.1, -0.05) is 12.2 Å². The van der Waals surface area contributed by atoms with Crippen molar-refractivity contribution in [3.8, 4) is 11.5 Å². The van der Waals surface area contributed by atoms with Crippen LogP contribution in [0.3, 0.4) is 0 Å². The molecule has 0 heterocycles. The van der Waals surface area contributed by atoms with Crippen molar-refractivity contribution in [3.05, 3.63) is 57.8 Å². The lowest BCUT2D eigenvalue weighted by atomic mass is 10.2. The summed E-state index contributed by atoms with van der Waals surface area (Å²) in [5.41, 5.74) is 5.34. The maximum atomic E-state index is 13.8. The van der Waals surface area contributed by atoms with Crippen LogP contribution >= 0.6 is 28.1 Å². The molecule has 2 aromatic carbocycles. The van der Waals surface area contributed by atoms with Crippen LogP contribution in [0.25, 0.3) is 0 Å². The van der Waals surface area contributed by atoms with Crippen molar-refractivity contribution in [2.24, 2.45) is 5.73 Å². The molecule has 0 unspecified atom stereocenters. The van der Waals surface area contributed by atoms with Gasteiger partial charge in [0.05, 0.1) is 4.47 Å². The first-order valence-electron chi connectivity index (χ1n) is 5.30. The third kappa shape index (κ3) is 3.10. The van der Waals surface area contributed by atoms with Crippen LogP contribution in [0.15, 0.2) is 34.8 Å². The van der Waals surface area contributed by atoms with Crippen molar-refractivity contribution < 1.29 is 17.9 Å². The van der Waals surface area contributed by atoms with Crippen LogP contribution < -0.4 is 10.5 Å². The maximum absolute atomic E-state index is 13.8. The Labute approximate surface area is 126 Å². The second-order valence-electron chi connectivity index (χ2n) is 3.81. The van der Waals surface area contributed by atoms with Crippen molar-refractivity contribution in [2.45, 2.75) is 0 Å². The van der Waals surface area contributed by atoms with Gasteiger partial charge in [-0.3, -0.25) is 0 Å². The molecule has 0 saturated carbocycles. The van der Waals surface area contributed by atoms with Crippen LogP contribution in [-0.2, 0) is 0 Å². The predicted molar refractivity (Wildman–Crippen MR) is 76.4 cm³/mol. The van der Waals surface area contributed by atoms with E-state index in [4.69, 9.17) is 10.5 Å². The van der Waals surface area contributed by atoms with Crippen LogP contribution in [0.5, 0.6) is 11.5 Å². The van der Waals surface area contributed by atoms with Gasteiger partial charge in [-0.05, 0) is 40.2 Å². The average molecular weight is 362 g/mol. The highest BCUT2D eigenvalue weighted by Crippen LogP contribution is 2.33. The molecule has 0 radical (unpaired) electrons. The first-order chi connectivity index (χ1) is 9.38. The molecule has 7 heteroatoms. The number of nitrogens with two attached hydrogens (primary N) is 1. The molecule has 0 aliphatic carbocycles. The number of ether oxygens (including phenoxy) is 1. The van der Waals surface area contributed by atoms with Crippen molar-refractivity contribution in [1.82, 2.24) is 0 Å². The Morgan fingerprint density at radius 1 is 1.10 bits per heavy atom. The lowest BCUT2D eigenvalue weighted by Crippen LogP contribution is -2.10. The second-order valence-corrected chi connectivity index (χ2v) is 5.10. The Hall–Kier alpha value is -1.60. The van der Waals surface area contributed by atoms with Crippen molar-refractivity contribution in [1.29, 1.82) is 0 Å². The largest absolute Gasteiger partial charge is 0.450 e. The molecule has 0 amide bonds. The van der Waals surface area contributed by atoms with Gasteiger partial charge < -0.3 is 10.5 Å². The van der Waals surface area contributed by atoms with E-state index in [-0.39, 0.29) is 16.3 Å². The van der Waals surface area contributed by atoms with E-state index in [1.54, 1.807) is 0 Å². The normalized spacial score (nSPS) is 10.4. The van der Waals surface area contributed by atoms with Crippen molar-refractivity contribution in [2.75, 3.05) is 0 Å². The van der Waals surface area contributed by atoms with E-state index in [0.29, 0.717) is 4.47 Å². The monoisotopic (exact) mass is 361 g/mol. The molecular formula is C13H7BrF3NOS. The molecule has 20 heavy (non-hydrogen) atoms. The molecule has 0 saturated heterocycles. The first kappa shape index (κ1) is 14.8. The summed E-state index contributed by atoms with van der Waals surface area (Å²) in [7, 11) is 0. The van der Waals surface area contributed by atoms with Gasteiger partial charge in [0, 0.05) is 11.6 Å². The van der Waals surface area contributed by atoms with Gasteiger partial charge in [0.2, 0.25) is 0 Å². The first-order valence-corrected chi connectivity index (χ1v) is 6.50. The van der Waals surface area contributed by atoms with Gasteiger partial charge in [-0.15, -0.1) is 0 Å². The third-order valence-electron chi connectivity index (χ3n) is 2.39. The summed E-state index contributed by atoms with van der Waals surface area (Å²) in [5.74, 6) is -3.26. The number of benzene rings is 2. The minimum atomic E-state index is -0.982. The fourth-order valence-corrected chi connectivity index (χ4v) is 1.91. The van der Waals surface area contributed by atoms with Crippen LogP contribution in [-0.4, -0.2) is 4.99 Å². The van der Waals surface area contributed by atoms with Crippen LogP contribution in [0, 0.1) is 17.5 Å². The van der Waals surface area contributed by atoms with E-state index in [0.717, 1.165) is 18.2 Å². The molecule has 2 N–H and O–H groups in total. The molecule has 0 atom stereocenters. The lowest BCUT2D eigenvalue weighted by Gasteiger charge is -2.11. The number of hydrogen-bond acceptors (Lipinski definition) is 2. The number of hydrogen-bond donors (Lipinski definition) is 1. The zero-order valence-corrected chi connectivity index (χ0v) is 12.2. The SMILES string of the molecule is NC(=S)c1cc(F)c(Oc2cc(F)ccc2Br)c(F)c1. The highest BCUT2D eigenvalue weighted by molar-refractivity contribution is 9.10. The Kier molecular flexibility index (Phi) is 4.29. The molecule has 0 bridgehead atoms. The van der Waals surface area contributed by atoms with Gasteiger partial charge in [0.15, 0.2) is 17.4 Å². The van der Waals surface area contributed by atoms with Crippen molar-refractivity contribution in [3.63, 3.8) is 0 Å². The van der Waals surface area contributed by atoms with E-state index in [2.05, 4.69) is 28.1 Å². The molecule has 2 aromatic rings. The highest BCUT2D eigenvalue weighted by Gasteiger charge is 2.16. The van der Waals surface area contributed by atoms with Gasteiger partial charge >= 0.3 is 0 Å². The molecule has 0 aliphatic rings. The van der Waals surface area contributed by atoms with Crippen LogP contribution in [0.1, 0.15) is 5.56 Å². The fourth-order valence-electron chi connectivity index (χ4n) is 1.47. The second kappa shape index (κ2) is 5.80. The summed E-state index contributed by atoms with van der Waals surface area (Å²) < 4.78 is 46.1. The number of rotatable bonds is 3. The number of halogens is 4.